The lowest BCUT2D eigenvalue weighted by atomic mass is 10.1. The molecular weight excluding hydrogens is 228 g/mol. The van der Waals surface area contributed by atoms with Gasteiger partial charge in [-0.15, -0.1) is 0 Å². The molecule has 0 radical (unpaired) electrons. The van der Waals surface area contributed by atoms with E-state index >= 15 is 0 Å². The van der Waals surface area contributed by atoms with Crippen molar-refractivity contribution in [3.05, 3.63) is 0 Å². The Kier molecular flexibility index (Phi) is 3.24. The zero-order chi connectivity index (χ0) is 11.8. The summed E-state index contributed by atoms with van der Waals surface area (Å²) in [4.78, 5) is 11.0. The first kappa shape index (κ1) is 11.9. The molecule has 1 atom stereocenters. The van der Waals surface area contributed by atoms with Crippen molar-refractivity contribution >= 4 is 15.8 Å². The molecule has 0 aromatic heterocycles. The summed E-state index contributed by atoms with van der Waals surface area (Å²) in [6.45, 7) is 0. The Morgan fingerprint density at radius 2 is 1.75 bits per heavy atom. The summed E-state index contributed by atoms with van der Waals surface area (Å²) >= 11 is 0. The lowest BCUT2D eigenvalue weighted by Crippen LogP contribution is -2.35. The molecule has 0 aromatic carbocycles. The monoisotopic (exact) mass is 246 g/mol. The molecule has 0 aromatic rings. The van der Waals surface area contributed by atoms with E-state index in [1.165, 1.54) is 0 Å². The van der Waals surface area contributed by atoms with Gasteiger partial charge < -0.3 is 5.11 Å². The Hall–Kier alpha value is -0.580. The summed E-state index contributed by atoms with van der Waals surface area (Å²) in [6, 6.07) is 0. The number of carboxylic acids is 1. The second-order valence-electron chi connectivity index (χ2n) is 5.08. The van der Waals surface area contributed by atoms with Crippen LogP contribution in [0.4, 0.5) is 0 Å². The Bertz CT molecular complexity index is 363. The van der Waals surface area contributed by atoms with Gasteiger partial charge >= 0.3 is 5.97 Å². The zero-order valence-corrected chi connectivity index (χ0v) is 10.1. The molecule has 92 valence electrons. The quantitative estimate of drug-likeness (QED) is 0.797. The van der Waals surface area contributed by atoms with Crippen LogP contribution in [-0.2, 0) is 14.6 Å². The molecule has 2 aliphatic carbocycles. The van der Waals surface area contributed by atoms with Gasteiger partial charge in [0.25, 0.3) is 0 Å². The van der Waals surface area contributed by atoms with Crippen LogP contribution in [-0.4, -0.2) is 30.5 Å². The van der Waals surface area contributed by atoms with E-state index in [-0.39, 0.29) is 17.6 Å². The van der Waals surface area contributed by atoms with Gasteiger partial charge in [-0.1, -0.05) is 12.8 Å². The van der Waals surface area contributed by atoms with Crippen LogP contribution in [0.3, 0.4) is 0 Å². The molecule has 16 heavy (non-hydrogen) atoms. The van der Waals surface area contributed by atoms with Crippen molar-refractivity contribution in [2.45, 2.75) is 43.8 Å². The Balaban J connectivity index is 2.06. The maximum Gasteiger partial charge on any atom is 0.322 e. The van der Waals surface area contributed by atoms with E-state index in [1.54, 1.807) is 0 Å². The third-order valence-corrected chi connectivity index (χ3v) is 5.92. The Morgan fingerprint density at radius 1 is 1.19 bits per heavy atom. The molecule has 5 heteroatoms. The molecule has 0 saturated heterocycles. The fourth-order valence-corrected chi connectivity index (χ4v) is 5.02. The largest absolute Gasteiger partial charge is 0.480 e. The van der Waals surface area contributed by atoms with Gasteiger partial charge in [-0.3, -0.25) is 4.79 Å². The highest BCUT2D eigenvalue weighted by Crippen LogP contribution is 2.38. The summed E-state index contributed by atoms with van der Waals surface area (Å²) < 4.78 is 24.1. The van der Waals surface area contributed by atoms with Gasteiger partial charge in [-0.25, -0.2) is 8.42 Å². The summed E-state index contributed by atoms with van der Waals surface area (Å²) in [5, 5.41) is 7.88. The molecule has 2 rings (SSSR count). The van der Waals surface area contributed by atoms with Gasteiger partial charge in [0.1, 0.15) is 0 Å². The van der Waals surface area contributed by atoms with E-state index in [0.29, 0.717) is 0 Å². The third kappa shape index (κ3) is 2.56. The van der Waals surface area contributed by atoms with Gasteiger partial charge in [0.05, 0.1) is 5.75 Å². The first-order valence-electron chi connectivity index (χ1n) is 5.95. The lowest BCUT2D eigenvalue weighted by Gasteiger charge is -2.15. The van der Waals surface area contributed by atoms with Crippen LogP contribution in [0.25, 0.3) is 0 Å². The molecule has 0 bridgehead atoms. The van der Waals surface area contributed by atoms with E-state index < -0.39 is 21.1 Å². The summed E-state index contributed by atoms with van der Waals surface area (Å²) in [6.07, 6.45) is 5.55. The highest BCUT2D eigenvalue weighted by Gasteiger charge is 2.45. The van der Waals surface area contributed by atoms with Crippen LogP contribution in [0.2, 0.25) is 0 Å². The van der Waals surface area contributed by atoms with Gasteiger partial charge in [0, 0.05) is 0 Å². The molecule has 0 aliphatic heterocycles. The minimum atomic E-state index is -3.44. The number of hydrogen-bond donors (Lipinski definition) is 1. The van der Waals surface area contributed by atoms with Gasteiger partial charge in [0.15, 0.2) is 15.1 Å². The molecule has 1 unspecified atom stereocenters. The molecule has 0 amide bonds. The predicted octanol–water partition coefficient (Wildman–Crippen LogP) is 1.45. The smallest absolute Gasteiger partial charge is 0.322 e. The molecule has 2 saturated carbocycles. The van der Waals surface area contributed by atoms with E-state index in [0.717, 1.165) is 38.5 Å². The molecule has 4 nitrogen and oxygen atoms in total. The molecule has 0 spiro atoms. The van der Waals surface area contributed by atoms with E-state index in [9.17, 15) is 13.2 Å². The van der Waals surface area contributed by atoms with Crippen LogP contribution >= 0.6 is 0 Å². The Labute approximate surface area is 96.0 Å². The van der Waals surface area contributed by atoms with Crippen molar-refractivity contribution in [2.24, 2.45) is 11.8 Å². The number of carboxylic acid groups (broad SMARTS) is 1. The molecule has 2 aliphatic rings. The van der Waals surface area contributed by atoms with Crippen LogP contribution in [0.5, 0.6) is 0 Å². The maximum atomic E-state index is 12.0. The minimum Gasteiger partial charge on any atom is -0.480 e. The third-order valence-electron chi connectivity index (χ3n) is 3.62. The fourth-order valence-electron chi connectivity index (χ4n) is 2.66. The van der Waals surface area contributed by atoms with Crippen molar-refractivity contribution in [1.29, 1.82) is 0 Å². The fraction of sp³-hybridized carbons (Fsp3) is 0.909. The first-order chi connectivity index (χ1) is 7.50. The molecular formula is C11H18O4S. The molecule has 2 fully saturated rings. The normalized spacial score (nSPS) is 24.5. The summed E-state index contributed by atoms with van der Waals surface area (Å²) in [5.41, 5.74) is 0. The van der Waals surface area contributed by atoms with Gasteiger partial charge in [-0.05, 0) is 37.5 Å². The number of sulfone groups is 1. The van der Waals surface area contributed by atoms with Crippen molar-refractivity contribution in [1.82, 2.24) is 0 Å². The van der Waals surface area contributed by atoms with Gasteiger partial charge in [0.2, 0.25) is 0 Å². The Morgan fingerprint density at radius 3 is 2.19 bits per heavy atom. The zero-order valence-electron chi connectivity index (χ0n) is 9.26. The van der Waals surface area contributed by atoms with E-state index in [1.807, 2.05) is 0 Å². The van der Waals surface area contributed by atoms with Gasteiger partial charge in [-0.2, -0.15) is 0 Å². The highest BCUT2D eigenvalue weighted by atomic mass is 32.2. The number of hydrogen-bond acceptors (Lipinski definition) is 3. The average molecular weight is 246 g/mol. The number of aliphatic carboxylic acids is 1. The second kappa shape index (κ2) is 4.35. The van der Waals surface area contributed by atoms with E-state index in [2.05, 4.69) is 0 Å². The minimum absolute atomic E-state index is 0.0838. The van der Waals surface area contributed by atoms with Crippen LogP contribution in [0.15, 0.2) is 0 Å². The summed E-state index contributed by atoms with van der Waals surface area (Å²) in [5.74, 6) is -0.990. The van der Waals surface area contributed by atoms with Crippen molar-refractivity contribution < 1.29 is 18.3 Å². The SMILES string of the molecule is O=C(O)C(C1CC1)S(=O)(=O)CC1CCCC1. The number of rotatable bonds is 5. The van der Waals surface area contributed by atoms with Crippen molar-refractivity contribution in [3.8, 4) is 0 Å². The summed E-state index contributed by atoms with van der Waals surface area (Å²) in [7, 11) is -3.44. The lowest BCUT2D eigenvalue weighted by molar-refractivity contribution is -0.136. The highest BCUT2D eigenvalue weighted by molar-refractivity contribution is 7.92. The standard InChI is InChI=1S/C11H18O4S/c12-11(13)10(9-5-6-9)16(14,15)7-8-3-1-2-4-8/h8-10H,1-7H2,(H,12,13). The maximum absolute atomic E-state index is 12.0. The number of carbonyl (C=O) groups is 1. The van der Waals surface area contributed by atoms with E-state index in [4.69, 9.17) is 5.11 Å². The average Bonchev–Trinajstić information content (AvgIpc) is 2.82. The van der Waals surface area contributed by atoms with Crippen LogP contribution in [0, 0.1) is 11.8 Å². The molecule has 1 N–H and O–H groups in total. The van der Waals surface area contributed by atoms with Crippen LogP contribution < -0.4 is 0 Å². The van der Waals surface area contributed by atoms with Crippen molar-refractivity contribution in [3.63, 3.8) is 0 Å². The van der Waals surface area contributed by atoms with Crippen molar-refractivity contribution in [2.75, 3.05) is 5.75 Å². The topological polar surface area (TPSA) is 71.4 Å². The molecule has 0 heterocycles. The van der Waals surface area contributed by atoms with Crippen LogP contribution in [0.1, 0.15) is 38.5 Å². The predicted molar refractivity (Wildman–Crippen MR) is 59.9 cm³/mol. The second-order valence-corrected chi connectivity index (χ2v) is 7.24. The first-order valence-corrected chi connectivity index (χ1v) is 7.66.